The lowest BCUT2D eigenvalue weighted by atomic mass is 9.93. The van der Waals surface area contributed by atoms with Crippen LogP contribution < -0.4 is 5.32 Å². The predicted octanol–water partition coefficient (Wildman–Crippen LogP) is 2.62. The van der Waals surface area contributed by atoms with Gasteiger partial charge >= 0.3 is 5.97 Å². The van der Waals surface area contributed by atoms with E-state index < -0.39 is 11.5 Å². The van der Waals surface area contributed by atoms with Crippen molar-refractivity contribution >= 4 is 17.6 Å². The average molecular weight is 298 g/mol. The largest absolute Gasteiger partial charge is 0.506 e. The van der Waals surface area contributed by atoms with Gasteiger partial charge in [-0.1, -0.05) is 17.7 Å². The van der Waals surface area contributed by atoms with Crippen molar-refractivity contribution in [2.45, 2.75) is 38.7 Å². The maximum absolute atomic E-state index is 12.3. The summed E-state index contributed by atoms with van der Waals surface area (Å²) in [6.45, 7) is 6.73. The molecular formula is C15H20ClNO3. The molecule has 0 saturated carbocycles. The van der Waals surface area contributed by atoms with Crippen molar-refractivity contribution < 1.29 is 14.6 Å². The van der Waals surface area contributed by atoms with Gasteiger partial charge in [0, 0.05) is 12.1 Å². The minimum atomic E-state index is -0.530. The van der Waals surface area contributed by atoms with E-state index in [-0.39, 0.29) is 11.7 Å². The number of carbonyl (C=O) groups is 1. The molecule has 0 fully saturated rings. The zero-order valence-corrected chi connectivity index (χ0v) is 12.8. The summed E-state index contributed by atoms with van der Waals surface area (Å²) in [7, 11) is 0. The van der Waals surface area contributed by atoms with Crippen LogP contribution in [0.4, 0.5) is 0 Å². The van der Waals surface area contributed by atoms with Crippen LogP contribution in [0.25, 0.3) is 0 Å². The lowest BCUT2D eigenvalue weighted by Gasteiger charge is -2.24. The van der Waals surface area contributed by atoms with Gasteiger partial charge < -0.3 is 15.2 Å². The van der Waals surface area contributed by atoms with Crippen LogP contribution in [0.2, 0.25) is 5.02 Å². The van der Waals surface area contributed by atoms with E-state index in [0.29, 0.717) is 24.5 Å². The van der Waals surface area contributed by atoms with Gasteiger partial charge in [-0.15, -0.1) is 0 Å². The molecule has 1 aliphatic rings. The van der Waals surface area contributed by atoms with E-state index in [1.54, 1.807) is 12.1 Å². The summed E-state index contributed by atoms with van der Waals surface area (Å²) in [6, 6.07) is 3.43. The van der Waals surface area contributed by atoms with Crippen LogP contribution >= 0.6 is 11.6 Å². The lowest BCUT2D eigenvalue weighted by molar-refractivity contribution is -0.156. The van der Waals surface area contributed by atoms with Crippen LogP contribution in [0, 0.1) is 0 Å². The van der Waals surface area contributed by atoms with Crippen LogP contribution in [-0.2, 0) is 16.0 Å². The standard InChI is InChI=1S/C15H20ClNO3/c1-15(2,3)20-14(19)11-8-17-7-6-10-9(11)4-5-12(16)13(10)18/h4-5,11,17-18H,6-8H2,1-3H3. The van der Waals surface area contributed by atoms with E-state index in [2.05, 4.69) is 5.32 Å². The maximum Gasteiger partial charge on any atom is 0.315 e. The van der Waals surface area contributed by atoms with Crippen molar-refractivity contribution in [3.05, 3.63) is 28.3 Å². The van der Waals surface area contributed by atoms with Crippen molar-refractivity contribution in [3.63, 3.8) is 0 Å². The van der Waals surface area contributed by atoms with Crippen molar-refractivity contribution in [2.24, 2.45) is 0 Å². The van der Waals surface area contributed by atoms with Gasteiger partial charge in [0.05, 0.1) is 10.9 Å². The minimum absolute atomic E-state index is 0.0708. The number of phenolic OH excluding ortho intramolecular Hbond substituents is 1. The van der Waals surface area contributed by atoms with Gasteiger partial charge in [-0.25, -0.2) is 0 Å². The Kier molecular flexibility index (Phi) is 4.25. The summed E-state index contributed by atoms with van der Waals surface area (Å²) in [5.41, 5.74) is 1.00. The third kappa shape index (κ3) is 3.25. The number of nitrogens with one attached hydrogen (secondary N) is 1. The fourth-order valence-electron chi connectivity index (χ4n) is 2.37. The molecule has 0 bridgehead atoms. The summed E-state index contributed by atoms with van der Waals surface area (Å²) in [4.78, 5) is 12.3. The first-order valence-electron chi connectivity index (χ1n) is 6.73. The van der Waals surface area contributed by atoms with E-state index in [0.717, 1.165) is 11.1 Å². The van der Waals surface area contributed by atoms with Crippen LogP contribution in [0.3, 0.4) is 0 Å². The van der Waals surface area contributed by atoms with Gasteiger partial charge in [0.2, 0.25) is 0 Å². The fourth-order valence-corrected chi connectivity index (χ4v) is 2.54. The molecule has 2 rings (SSSR count). The molecule has 5 heteroatoms. The fraction of sp³-hybridized carbons (Fsp3) is 0.533. The van der Waals surface area contributed by atoms with Crippen molar-refractivity contribution in [3.8, 4) is 5.75 Å². The minimum Gasteiger partial charge on any atom is -0.506 e. The lowest BCUT2D eigenvalue weighted by Crippen LogP contribution is -2.32. The highest BCUT2D eigenvalue weighted by molar-refractivity contribution is 6.32. The summed E-state index contributed by atoms with van der Waals surface area (Å²) < 4.78 is 5.47. The number of fused-ring (bicyclic) bond motifs is 1. The van der Waals surface area contributed by atoms with E-state index in [9.17, 15) is 9.90 Å². The van der Waals surface area contributed by atoms with Crippen LogP contribution in [0.5, 0.6) is 5.75 Å². The second-order valence-corrected chi connectivity index (χ2v) is 6.41. The third-order valence-electron chi connectivity index (χ3n) is 3.24. The number of benzene rings is 1. The van der Waals surface area contributed by atoms with Gasteiger partial charge in [-0.2, -0.15) is 0 Å². The highest BCUT2D eigenvalue weighted by Gasteiger charge is 2.31. The smallest absolute Gasteiger partial charge is 0.315 e. The monoisotopic (exact) mass is 297 g/mol. The predicted molar refractivity (Wildman–Crippen MR) is 78.3 cm³/mol. The van der Waals surface area contributed by atoms with Gasteiger partial charge in [-0.3, -0.25) is 4.79 Å². The molecule has 1 aromatic carbocycles. The molecule has 20 heavy (non-hydrogen) atoms. The Morgan fingerprint density at radius 2 is 2.15 bits per heavy atom. The number of hydrogen-bond acceptors (Lipinski definition) is 4. The molecule has 2 N–H and O–H groups in total. The number of ether oxygens (including phenoxy) is 1. The second-order valence-electron chi connectivity index (χ2n) is 6.00. The van der Waals surface area contributed by atoms with Gasteiger partial charge in [-0.05, 0) is 45.4 Å². The van der Waals surface area contributed by atoms with Crippen LogP contribution in [0.1, 0.15) is 37.8 Å². The molecule has 0 spiro atoms. The Hall–Kier alpha value is -1.26. The molecular weight excluding hydrogens is 278 g/mol. The highest BCUT2D eigenvalue weighted by atomic mass is 35.5. The number of hydrogen-bond donors (Lipinski definition) is 2. The molecule has 1 unspecified atom stereocenters. The molecule has 4 nitrogen and oxygen atoms in total. The van der Waals surface area contributed by atoms with E-state index in [1.807, 2.05) is 20.8 Å². The highest BCUT2D eigenvalue weighted by Crippen LogP contribution is 2.35. The topological polar surface area (TPSA) is 58.6 Å². The Morgan fingerprint density at radius 3 is 2.80 bits per heavy atom. The molecule has 0 aromatic heterocycles. The Morgan fingerprint density at radius 1 is 1.45 bits per heavy atom. The quantitative estimate of drug-likeness (QED) is 0.782. The summed E-state index contributed by atoms with van der Waals surface area (Å²) in [5.74, 6) is -0.633. The number of esters is 1. The summed E-state index contributed by atoms with van der Waals surface area (Å²) in [5, 5.41) is 13.6. The van der Waals surface area contributed by atoms with Gasteiger partial charge in [0.1, 0.15) is 11.4 Å². The summed E-state index contributed by atoms with van der Waals surface area (Å²) in [6.07, 6.45) is 0.640. The first-order valence-corrected chi connectivity index (χ1v) is 7.11. The molecule has 0 amide bonds. The van der Waals surface area contributed by atoms with Crippen molar-refractivity contribution in [1.29, 1.82) is 0 Å². The molecule has 0 radical (unpaired) electrons. The second kappa shape index (κ2) is 5.62. The number of aromatic hydroxyl groups is 1. The molecule has 1 aromatic rings. The van der Waals surface area contributed by atoms with Crippen LogP contribution in [-0.4, -0.2) is 29.8 Å². The number of carbonyl (C=O) groups excluding carboxylic acids is 1. The van der Waals surface area contributed by atoms with Crippen LogP contribution in [0.15, 0.2) is 12.1 Å². The SMILES string of the molecule is CC(C)(C)OC(=O)C1CNCCc2c1ccc(Cl)c2O. The van der Waals surface area contributed by atoms with E-state index >= 15 is 0 Å². The zero-order valence-electron chi connectivity index (χ0n) is 12.0. The first-order chi connectivity index (χ1) is 9.29. The Balaban J connectivity index is 2.37. The Labute approximate surface area is 124 Å². The third-order valence-corrected chi connectivity index (χ3v) is 3.54. The molecule has 1 heterocycles. The van der Waals surface area contributed by atoms with E-state index in [4.69, 9.17) is 16.3 Å². The zero-order chi connectivity index (χ0) is 14.9. The summed E-state index contributed by atoms with van der Waals surface area (Å²) >= 11 is 5.95. The number of phenols is 1. The average Bonchev–Trinajstić information content (AvgIpc) is 2.54. The van der Waals surface area contributed by atoms with Gasteiger partial charge in [0.15, 0.2) is 0 Å². The van der Waals surface area contributed by atoms with Crippen molar-refractivity contribution in [1.82, 2.24) is 5.32 Å². The number of rotatable bonds is 1. The first kappa shape index (κ1) is 15.1. The van der Waals surface area contributed by atoms with Crippen molar-refractivity contribution in [2.75, 3.05) is 13.1 Å². The molecule has 110 valence electrons. The molecule has 0 aliphatic carbocycles. The molecule has 1 atom stereocenters. The van der Waals surface area contributed by atoms with Gasteiger partial charge in [0.25, 0.3) is 0 Å². The van der Waals surface area contributed by atoms with E-state index in [1.165, 1.54) is 0 Å². The number of halogens is 1. The normalized spacial score (nSPS) is 19.1. The Bertz CT molecular complexity index is 523. The molecule has 0 saturated heterocycles. The maximum atomic E-state index is 12.3. The molecule has 1 aliphatic heterocycles.